The Labute approximate surface area is 141 Å². The molecule has 0 saturated heterocycles. The summed E-state index contributed by atoms with van der Waals surface area (Å²) in [6.07, 6.45) is 4.40. The van der Waals surface area contributed by atoms with Crippen molar-refractivity contribution in [1.29, 1.82) is 0 Å². The van der Waals surface area contributed by atoms with Gasteiger partial charge in [-0.15, -0.1) is 0 Å². The van der Waals surface area contributed by atoms with E-state index in [9.17, 15) is 0 Å². The fourth-order valence-electron chi connectivity index (χ4n) is 3.49. The SMILES string of the molecule is COc1ccc(C)c(-c2c(N)c(N)c3cc(C4CC4)cnn23)c1C. The summed E-state index contributed by atoms with van der Waals surface area (Å²) in [4.78, 5) is 0. The third-order valence-electron chi connectivity index (χ3n) is 5.02. The quantitative estimate of drug-likeness (QED) is 0.771. The van der Waals surface area contributed by atoms with E-state index < -0.39 is 0 Å². The van der Waals surface area contributed by atoms with Crippen molar-refractivity contribution in [2.24, 2.45) is 0 Å². The lowest BCUT2D eigenvalue weighted by atomic mass is 9.98. The van der Waals surface area contributed by atoms with Gasteiger partial charge in [-0.1, -0.05) is 6.07 Å². The minimum Gasteiger partial charge on any atom is -0.496 e. The molecule has 124 valence electrons. The molecule has 24 heavy (non-hydrogen) atoms. The normalized spacial score (nSPS) is 14.3. The van der Waals surface area contributed by atoms with Gasteiger partial charge in [-0.25, -0.2) is 4.52 Å². The number of nitrogens with zero attached hydrogens (tertiary/aromatic N) is 2. The summed E-state index contributed by atoms with van der Waals surface area (Å²) in [6, 6.07) is 6.14. The molecule has 4 N–H and O–H groups in total. The highest BCUT2D eigenvalue weighted by molar-refractivity contribution is 5.95. The van der Waals surface area contributed by atoms with Crippen molar-refractivity contribution >= 4 is 16.9 Å². The van der Waals surface area contributed by atoms with E-state index in [-0.39, 0.29) is 0 Å². The van der Waals surface area contributed by atoms with Gasteiger partial charge in [-0.05, 0) is 55.9 Å². The summed E-state index contributed by atoms with van der Waals surface area (Å²) in [7, 11) is 1.68. The fraction of sp³-hybridized carbons (Fsp3) is 0.316. The molecular formula is C19H22N4O. The van der Waals surface area contributed by atoms with Crippen LogP contribution in [0.1, 0.15) is 35.4 Å². The van der Waals surface area contributed by atoms with E-state index in [0.29, 0.717) is 17.3 Å². The molecule has 0 spiro atoms. The molecule has 1 aliphatic rings. The van der Waals surface area contributed by atoms with Crippen LogP contribution in [0.3, 0.4) is 0 Å². The average Bonchev–Trinajstić information content (AvgIpc) is 3.39. The molecule has 0 unspecified atom stereocenters. The number of ether oxygens (including phenoxy) is 1. The molecule has 2 heterocycles. The van der Waals surface area contributed by atoms with E-state index in [4.69, 9.17) is 16.2 Å². The van der Waals surface area contributed by atoms with Gasteiger partial charge in [-0.2, -0.15) is 5.10 Å². The second-order valence-electron chi connectivity index (χ2n) is 6.62. The van der Waals surface area contributed by atoms with Crippen molar-refractivity contribution in [2.75, 3.05) is 18.6 Å². The molecule has 1 aliphatic carbocycles. The van der Waals surface area contributed by atoms with E-state index in [0.717, 1.165) is 33.7 Å². The molecule has 2 aromatic heterocycles. The number of aromatic nitrogens is 2. The zero-order valence-corrected chi connectivity index (χ0v) is 14.3. The molecule has 0 bridgehead atoms. The number of benzene rings is 1. The smallest absolute Gasteiger partial charge is 0.122 e. The van der Waals surface area contributed by atoms with Crippen LogP contribution in [-0.2, 0) is 0 Å². The number of hydrogen-bond donors (Lipinski definition) is 2. The van der Waals surface area contributed by atoms with Crippen LogP contribution in [0.5, 0.6) is 5.75 Å². The molecule has 5 heteroatoms. The van der Waals surface area contributed by atoms with Crippen LogP contribution >= 0.6 is 0 Å². The summed E-state index contributed by atoms with van der Waals surface area (Å²) in [5.74, 6) is 1.46. The predicted octanol–water partition coefficient (Wildman–Crippen LogP) is 3.67. The molecule has 3 aromatic rings. The Morgan fingerprint density at radius 1 is 1.17 bits per heavy atom. The second kappa shape index (κ2) is 5.16. The van der Waals surface area contributed by atoms with Gasteiger partial charge in [0.15, 0.2) is 0 Å². The lowest BCUT2D eigenvalue weighted by molar-refractivity contribution is 0.412. The number of methoxy groups -OCH3 is 1. The fourth-order valence-corrected chi connectivity index (χ4v) is 3.49. The van der Waals surface area contributed by atoms with Crippen LogP contribution in [0.4, 0.5) is 11.4 Å². The summed E-state index contributed by atoms with van der Waals surface area (Å²) in [6.45, 7) is 4.10. The largest absolute Gasteiger partial charge is 0.496 e. The number of aryl methyl sites for hydroxylation is 1. The van der Waals surface area contributed by atoms with Crippen LogP contribution in [0, 0.1) is 13.8 Å². The first kappa shape index (κ1) is 14.9. The Balaban J connectivity index is 2.02. The van der Waals surface area contributed by atoms with Gasteiger partial charge in [0.2, 0.25) is 0 Å². The highest BCUT2D eigenvalue weighted by Crippen LogP contribution is 2.44. The molecule has 1 fully saturated rings. The maximum absolute atomic E-state index is 6.39. The van der Waals surface area contributed by atoms with Gasteiger partial charge in [0, 0.05) is 11.1 Å². The maximum atomic E-state index is 6.39. The summed E-state index contributed by atoms with van der Waals surface area (Å²) < 4.78 is 7.34. The summed E-state index contributed by atoms with van der Waals surface area (Å²) >= 11 is 0. The standard InChI is InChI=1S/C19H22N4O/c1-10-4-7-15(24-3)11(2)16(10)19-18(21)17(20)14-8-13(12-5-6-12)9-22-23(14)19/h4,7-9,12H,5-6,20-21H2,1-3H3. The molecule has 5 nitrogen and oxygen atoms in total. The lowest BCUT2D eigenvalue weighted by Crippen LogP contribution is -2.01. The van der Waals surface area contributed by atoms with Crippen molar-refractivity contribution in [2.45, 2.75) is 32.6 Å². The van der Waals surface area contributed by atoms with Gasteiger partial charge in [0.05, 0.1) is 35.9 Å². The predicted molar refractivity (Wildman–Crippen MR) is 97.5 cm³/mol. The highest BCUT2D eigenvalue weighted by atomic mass is 16.5. The van der Waals surface area contributed by atoms with E-state index in [1.54, 1.807) is 7.11 Å². The summed E-state index contributed by atoms with van der Waals surface area (Å²) in [5.41, 5.74) is 20.1. The molecule has 0 amide bonds. The number of anilines is 2. The Bertz CT molecular complexity index is 954. The van der Waals surface area contributed by atoms with E-state index in [1.807, 2.05) is 29.8 Å². The van der Waals surface area contributed by atoms with Crippen LogP contribution in [0.25, 0.3) is 16.8 Å². The molecule has 0 radical (unpaired) electrons. The van der Waals surface area contributed by atoms with E-state index >= 15 is 0 Å². The first-order chi connectivity index (χ1) is 11.5. The van der Waals surface area contributed by atoms with Gasteiger partial charge in [0.1, 0.15) is 5.75 Å². The first-order valence-corrected chi connectivity index (χ1v) is 8.23. The lowest BCUT2D eigenvalue weighted by Gasteiger charge is -2.14. The van der Waals surface area contributed by atoms with Crippen LogP contribution in [-0.4, -0.2) is 16.7 Å². The Hall–Kier alpha value is -2.69. The minimum atomic E-state index is 0.579. The number of rotatable bonds is 3. The van der Waals surface area contributed by atoms with Gasteiger partial charge < -0.3 is 16.2 Å². The van der Waals surface area contributed by atoms with Gasteiger partial charge in [-0.3, -0.25) is 0 Å². The first-order valence-electron chi connectivity index (χ1n) is 8.23. The Morgan fingerprint density at radius 3 is 2.58 bits per heavy atom. The van der Waals surface area contributed by atoms with E-state index in [1.165, 1.54) is 18.4 Å². The molecule has 0 aliphatic heterocycles. The second-order valence-corrected chi connectivity index (χ2v) is 6.62. The van der Waals surface area contributed by atoms with Crippen molar-refractivity contribution in [3.05, 3.63) is 41.1 Å². The van der Waals surface area contributed by atoms with Crippen molar-refractivity contribution in [1.82, 2.24) is 9.61 Å². The highest BCUT2D eigenvalue weighted by Gasteiger charge is 2.26. The van der Waals surface area contributed by atoms with Crippen molar-refractivity contribution in [3.63, 3.8) is 0 Å². The van der Waals surface area contributed by atoms with Gasteiger partial charge in [0.25, 0.3) is 0 Å². The van der Waals surface area contributed by atoms with Crippen molar-refractivity contribution < 1.29 is 4.74 Å². The number of nitrogens with two attached hydrogens (primary N) is 2. The molecule has 4 rings (SSSR count). The Morgan fingerprint density at radius 2 is 1.92 bits per heavy atom. The Kier molecular flexibility index (Phi) is 3.20. The van der Waals surface area contributed by atoms with Crippen molar-refractivity contribution in [3.8, 4) is 17.0 Å². The van der Waals surface area contributed by atoms with E-state index in [2.05, 4.69) is 18.1 Å². The summed E-state index contributed by atoms with van der Waals surface area (Å²) in [5, 5.41) is 4.65. The van der Waals surface area contributed by atoms with Crippen LogP contribution in [0.15, 0.2) is 24.4 Å². The zero-order valence-electron chi connectivity index (χ0n) is 14.3. The number of fused-ring (bicyclic) bond motifs is 1. The molecule has 1 saturated carbocycles. The monoisotopic (exact) mass is 322 g/mol. The number of nitrogen functional groups attached to an aromatic ring is 2. The topological polar surface area (TPSA) is 78.6 Å². The van der Waals surface area contributed by atoms with Gasteiger partial charge >= 0.3 is 0 Å². The molecule has 1 aromatic carbocycles. The minimum absolute atomic E-state index is 0.579. The van der Waals surface area contributed by atoms with Crippen LogP contribution < -0.4 is 16.2 Å². The molecule has 0 atom stereocenters. The molecular weight excluding hydrogens is 300 g/mol. The average molecular weight is 322 g/mol. The third kappa shape index (κ3) is 2.04. The maximum Gasteiger partial charge on any atom is 0.122 e. The van der Waals surface area contributed by atoms with Crippen LogP contribution in [0.2, 0.25) is 0 Å². The number of hydrogen-bond acceptors (Lipinski definition) is 4. The third-order valence-corrected chi connectivity index (χ3v) is 5.02. The zero-order chi connectivity index (χ0) is 17.0.